The van der Waals surface area contributed by atoms with E-state index in [1.807, 2.05) is 24.3 Å². The van der Waals surface area contributed by atoms with Crippen LogP contribution in [0.4, 0.5) is 0 Å². The SMILES string of the molecule is CC(CN1CCCC1)NCc1ccc(C(N)=NO)cc1. The standard InChI is InChI=1S/C15H24N4O/c1-12(11-19-8-2-3-9-19)17-10-13-4-6-14(7-5-13)15(16)18-20/h4-7,12,17,20H,2-3,8-11H2,1H3,(H2,16,18). The molecule has 20 heavy (non-hydrogen) atoms. The van der Waals surface area contributed by atoms with Crippen LogP contribution in [0.1, 0.15) is 30.9 Å². The zero-order valence-corrected chi connectivity index (χ0v) is 12.0. The molecule has 1 fully saturated rings. The summed E-state index contributed by atoms with van der Waals surface area (Å²) < 4.78 is 0. The Morgan fingerprint density at radius 1 is 1.35 bits per heavy atom. The predicted molar refractivity (Wildman–Crippen MR) is 80.9 cm³/mol. The second-order valence-corrected chi connectivity index (χ2v) is 5.47. The Balaban J connectivity index is 1.78. The van der Waals surface area contributed by atoms with Crippen LogP contribution >= 0.6 is 0 Å². The molecule has 5 nitrogen and oxygen atoms in total. The van der Waals surface area contributed by atoms with E-state index in [1.165, 1.54) is 31.5 Å². The quantitative estimate of drug-likeness (QED) is 0.317. The van der Waals surface area contributed by atoms with Gasteiger partial charge in [-0.25, -0.2) is 0 Å². The molecule has 0 aliphatic carbocycles. The van der Waals surface area contributed by atoms with Gasteiger partial charge in [0.25, 0.3) is 0 Å². The molecule has 2 rings (SSSR count). The van der Waals surface area contributed by atoms with Crippen LogP contribution in [0.5, 0.6) is 0 Å². The summed E-state index contributed by atoms with van der Waals surface area (Å²) in [5, 5.41) is 15.1. The summed E-state index contributed by atoms with van der Waals surface area (Å²) in [6.45, 7) is 6.65. The molecule has 1 saturated heterocycles. The van der Waals surface area contributed by atoms with Gasteiger partial charge in [0.05, 0.1) is 0 Å². The van der Waals surface area contributed by atoms with Gasteiger partial charge < -0.3 is 21.2 Å². The van der Waals surface area contributed by atoms with E-state index in [0.717, 1.165) is 18.7 Å². The highest BCUT2D eigenvalue weighted by Gasteiger charge is 2.14. The van der Waals surface area contributed by atoms with Crippen LogP contribution in [0.15, 0.2) is 29.4 Å². The summed E-state index contributed by atoms with van der Waals surface area (Å²) in [4.78, 5) is 2.51. The molecule has 1 unspecified atom stereocenters. The molecule has 0 amide bonds. The number of hydrogen-bond donors (Lipinski definition) is 3. The van der Waals surface area contributed by atoms with Crippen molar-refractivity contribution in [3.05, 3.63) is 35.4 Å². The van der Waals surface area contributed by atoms with E-state index in [2.05, 4.69) is 22.3 Å². The lowest BCUT2D eigenvalue weighted by atomic mass is 10.1. The summed E-state index contributed by atoms with van der Waals surface area (Å²) in [7, 11) is 0. The van der Waals surface area contributed by atoms with Crippen molar-refractivity contribution in [3.63, 3.8) is 0 Å². The molecule has 0 aromatic heterocycles. The Morgan fingerprint density at radius 3 is 2.60 bits per heavy atom. The van der Waals surface area contributed by atoms with Gasteiger partial charge in [0.1, 0.15) is 0 Å². The fourth-order valence-corrected chi connectivity index (χ4v) is 2.56. The Hall–Kier alpha value is -1.59. The van der Waals surface area contributed by atoms with Crippen LogP contribution in [0.3, 0.4) is 0 Å². The highest BCUT2D eigenvalue weighted by atomic mass is 16.4. The van der Waals surface area contributed by atoms with Crippen molar-refractivity contribution in [1.82, 2.24) is 10.2 Å². The zero-order chi connectivity index (χ0) is 14.4. The molecule has 0 bridgehead atoms. The third-order valence-corrected chi connectivity index (χ3v) is 3.74. The van der Waals surface area contributed by atoms with Crippen LogP contribution in [0, 0.1) is 0 Å². The van der Waals surface area contributed by atoms with Crippen molar-refractivity contribution < 1.29 is 5.21 Å². The minimum atomic E-state index is 0.145. The molecule has 0 saturated carbocycles. The van der Waals surface area contributed by atoms with E-state index in [1.54, 1.807) is 0 Å². The Morgan fingerprint density at radius 2 is 2.00 bits per heavy atom. The molecule has 110 valence electrons. The number of likely N-dealkylation sites (tertiary alicyclic amines) is 1. The first-order valence-corrected chi connectivity index (χ1v) is 7.21. The minimum absolute atomic E-state index is 0.145. The summed E-state index contributed by atoms with van der Waals surface area (Å²) >= 11 is 0. The van der Waals surface area contributed by atoms with Crippen LogP contribution in [-0.4, -0.2) is 41.6 Å². The minimum Gasteiger partial charge on any atom is -0.409 e. The fraction of sp³-hybridized carbons (Fsp3) is 0.533. The first kappa shape index (κ1) is 14.8. The Kier molecular flexibility index (Phi) is 5.38. The first-order valence-electron chi connectivity index (χ1n) is 7.21. The van der Waals surface area contributed by atoms with Crippen LogP contribution in [0.25, 0.3) is 0 Å². The zero-order valence-electron chi connectivity index (χ0n) is 12.0. The van der Waals surface area contributed by atoms with Gasteiger partial charge in [-0.15, -0.1) is 0 Å². The van der Waals surface area contributed by atoms with Crippen molar-refractivity contribution in [3.8, 4) is 0 Å². The van der Waals surface area contributed by atoms with E-state index in [-0.39, 0.29) is 5.84 Å². The second kappa shape index (κ2) is 7.26. The van der Waals surface area contributed by atoms with Gasteiger partial charge in [-0.2, -0.15) is 0 Å². The van der Waals surface area contributed by atoms with E-state index >= 15 is 0 Å². The van der Waals surface area contributed by atoms with Crippen LogP contribution < -0.4 is 11.1 Å². The lowest BCUT2D eigenvalue weighted by Gasteiger charge is -2.21. The molecule has 1 aromatic rings. The fourth-order valence-electron chi connectivity index (χ4n) is 2.56. The van der Waals surface area contributed by atoms with E-state index in [9.17, 15) is 0 Å². The topological polar surface area (TPSA) is 73.9 Å². The third-order valence-electron chi connectivity index (χ3n) is 3.74. The number of rotatable bonds is 6. The highest BCUT2D eigenvalue weighted by Crippen LogP contribution is 2.08. The van der Waals surface area contributed by atoms with Gasteiger partial charge in [0.15, 0.2) is 5.84 Å². The molecule has 1 heterocycles. The molecule has 0 spiro atoms. The molecular formula is C15H24N4O. The molecule has 1 aliphatic heterocycles. The summed E-state index contributed by atoms with van der Waals surface area (Å²) in [6, 6.07) is 8.23. The monoisotopic (exact) mass is 276 g/mol. The lowest BCUT2D eigenvalue weighted by molar-refractivity contribution is 0.298. The van der Waals surface area contributed by atoms with Crippen LogP contribution in [-0.2, 0) is 6.54 Å². The van der Waals surface area contributed by atoms with Crippen molar-refractivity contribution in [2.45, 2.75) is 32.4 Å². The summed E-state index contributed by atoms with van der Waals surface area (Å²) in [5.41, 5.74) is 7.48. The smallest absolute Gasteiger partial charge is 0.170 e. The average Bonchev–Trinajstić information content (AvgIpc) is 2.97. The first-order chi connectivity index (χ1) is 9.69. The predicted octanol–water partition coefficient (Wildman–Crippen LogP) is 1.35. The summed E-state index contributed by atoms with van der Waals surface area (Å²) in [5.74, 6) is 0.145. The van der Waals surface area contributed by atoms with Gasteiger partial charge in [-0.05, 0) is 38.4 Å². The maximum atomic E-state index is 8.62. The van der Waals surface area contributed by atoms with Gasteiger partial charge in [-0.3, -0.25) is 0 Å². The Labute approximate surface area is 120 Å². The third kappa shape index (κ3) is 4.21. The average molecular weight is 276 g/mol. The second-order valence-electron chi connectivity index (χ2n) is 5.47. The van der Waals surface area contributed by atoms with Crippen molar-refractivity contribution in [1.29, 1.82) is 0 Å². The van der Waals surface area contributed by atoms with Gasteiger partial charge in [0.2, 0.25) is 0 Å². The van der Waals surface area contributed by atoms with E-state index < -0.39 is 0 Å². The van der Waals surface area contributed by atoms with Gasteiger partial charge >= 0.3 is 0 Å². The summed E-state index contributed by atoms with van der Waals surface area (Å²) in [6.07, 6.45) is 2.67. The number of amidine groups is 1. The molecular weight excluding hydrogens is 252 g/mol. The molecule has 5 heteroatoms. The normalized spacial score (nSPS) is 18.4. The number of hydrogen-bond acceptors (Lipinski definition) is 4. The number of benzene rings is 1. The van der Waals surface area contributed by atoms with E-state index in [4.69, 9.17) is 10.9 Å². The number of nitrogens with one attached hydrogen (secondary N) is 1. The van der Waals surface area contributed by atoms with E-state index in [0.29, 0.717) is 6.04 Å². The molecule has 4 N–H and O–H groups in total. The van der Waals surface area contributed by atoms with Crippen molar-refractivity contribution >= 4 is 5.84 Å². The highest BCUT2D eigenvalue weighted by molar-refractivity contribution is 5.96. The van der Waals surface area contributed by atoms with Crippen molar-refractivity contribution in [2.75, 3.05) is 19.6 Å². The largest absolute Gasteiger partial charge is 0.409 e. The maximum Gasteiger partial charge on any atom is 0.170 e. The lowest BCUT2D eigenvalue weighted by Crippen LogP contribution is -2.37. The van der Waals surface area contributed by atoms with Gasteiger partial charge in [-0.1, -0.05) is 29.4 Å². The molecule has 1 aromatic carbocycles. The van der Waals surface area contributed by atoms with Crippen molar-refractivity contribution in [2.24, 2.45) is 10.9 Å². The van der Waals surface area contributed by atoms with Crippen LogP contribution in [0.2, 0.25) is 0 Å². The van der Waals surface area contributed by atoms with Gasteiger partial charge in [0, 0.05) is 24.7 Å². The Bertz CT molecular complexity index is 438. The maximum absolute atomic E-state index is 8.62. The number of nitrogens with two attached hydrogens (primary N) is 1. The molecule has 0 radical (unpaired) electrons. The molecule has 1 aliphatic rings. The molecule has 1 atom stereocenters. The number of oxime groups is 1. The number of nitrogens with zero attached hydrogens (tertiary/aromatic N) is 2.